The second-order valence-corrected chi connectivity index (χ2v) is 5.65. The van der Waals surface area contributed by atoms with Crippen LogP contribution < -0.4 is 0 Å². The molecule has 2 nitrogen and oxygen atoms in total. The molecule has 0 fully saturated rings. The molecule has 112 valence electrons. The van der Waals surface area contributed by atoms with Gasteiger partial charge < -0.3 is 0 Å². The Hall–Kier alpha value is -1.35. The van der Waals surface area contributed by atoms with E-state index in [1.165, 1.54) is 0 Å². The van der Waals surface area contributed by atoms with Crippen molar-refractivity contribution in [2.75, 3.05) is 13.6 Å². The Labute approximate surface area is 136 Å². The topological polar surface area (TPSA) is 20.3 Å². The number of carbonyl (C=O) groups is 1. The zero-order chi connectivity index (χ0) is 15.8. The fraction of sp³-hybridized carbons (Fsp3) is 0.235. The maximum absolute atomic E-state index is 12.1. The van der Waals surface area contributed by atoms with Crippen LogP contribution in [-0.4, -0.2) is 24.3 Å². The molecule has 1 aromatic carbocycles. The van der Waals surface area contributed by atoms with Crippen molar-refractivity contribution in [2.45, 2.75) is 13.5 Å². The van der Waals surface area contributed by atoms with Gasteiger partial charge in [0.1, 0.15) is 0 Å². The minimum atomic E-state index is 0.0799. The van der Waals surface area contributed by atoms with Crippen molar-refractivity contribution in [2.24, 2.45) is 0 Å². The number of rotatable bonds is 7. The third kappa shape index (κ3) is 6.30. The molecule has 0 aromatic heterocycles. The maximum Gasteiger partial charge on any atom is 0.172 e. The molecular formula is C17H19Cl2NO. The SMILES string of the molecule is C=C/C=C\C=C(/C)C(=O)CN(C)Cc1ccc(Cl)cc1Cl. The Morgan fingerprint density at radius 3 is 2.67 bits per heavy atom. The van der Waals surface area contributed by atoms with Gasteiger partial charge in [0, 0.05) is 16.6 Å². The molecular weight excluding hydrogens is 305 g/mol. The minimum absolute atomic E-state index is 0.0799. The molecule has 21 heavy (non-hydrogen) atoms. The maximum atomic E-state index is 12.1. The van der Waals surface area contributed by atoms with Crippen LogP contribution in [0.1, 0.15) is 12.5 Å². The van der Waals surface area contributed by atoms with Crippen molar-refractivity contribution in [1.29, 1.82) is 0 Å². The van der Waals surface area contributed by atoms with E-state index in [-0.39, 0.29) is 5.78 Å². The number of hydrogen-bond acceptors (Lipinski definition) is 2. The first-order chi connectivity index (χ1) is 9.93. The quantitative estimate of drug-likeness (QED) is 0.536. The zero-order valence-corrected chi connectivity index (χ0v) is 13.8. The molecule has 0 amide bonds. The highest BCUT2D eigenvalue weighted by Crippen LogP contribution is 2.22. The van der Waals surface area contributed by atoms with Crippen molar-refractivity contribution < 1.29 is 4.79 Å². The molecule has 0 spiro atoms. The second-order valence-electron chi connectivity index (χ2n) is 4.80. The third-order valence-electron chi connectivity index (χ3n) is 2.90. The molecule has 0 atom stereocenters. The van der Waals surface area contributed by atoms with Crippen LogP contribution in [-0.2, 0) is 11.3 Å². The third-order valence-corrected chi connectivity index (χ3v) is 3.49. The molecule has 0 radical (unpaired) electrons. The summed E-state index contributed by atoms with van der Waals surface area (Å²) in [7, 11) is 1.88. The summed E-state index contributed by atoms with van der Waals surface area (Å²) in [4.78, 5) is 14.0. The highest BCUT2D eigenvalue weighted by Gasteiger charge is 2.10. The van der Waals surface area contributed by atoms with E-state index in [0.717, 1.165) is 5.56 Å². The molecule has 0 heterocycles. The molecule has 0 N–H and O–H groups in total. The predicted molar refractivity (Wildman–Crippen MR) is 90.9 cm³/mol. The van der Waals surface area contributed by atoms with Gasteiger partial charge in [-0.1, -0.05) is 60.2 Å². The van der Waals surface area contributed by atoms with Crippen LogP contribution >= 0.6 is 23.2 Å². The van der Waals surface area contributed by atoms with Gasteiger partial charge in [0.25, 0.3) is 0 Å². The predicted octanol–water partition coefficient (Wildman–Crippen LogP) is 4.68. The number of carbonyl (C=O) groups excluding carboxylic acids is 1. The Kier molecular flexibility index (Phi) is 7.44. The van der Waals surface area contributed by atoms with Gasteiger partial charge in [0.15, 0.2) is 5.78 Å². The number of halogens is 2. The standard InChI is InChI=1S/C17H19Cl2NO/c1-4-5-6-7-13(2)17(21)12-20(3)11-14-8-9-15(18)10-16(14)19/h4-10H,1,11-12H2,2-3H3/b6-5-,13-7+. The first-order valence-corrected chi connectivity index (χ1v) is 7.31. The van der Waals surface area contributed by atoms with Crippen LogP contribution in [0.3, 0.4) is 0 Å². The van der Waals surface area contributed by atoms with E-state index in [1.807, 2.05) is 18.0 Å². The van der Waals surface area contributed by atoms with Crippen LogP contribution in [0, 0.1) is 0 Å². The number of nitrogens with zero attached hydrogens (tertiary/aromatic N) is 1. The fourth-order valence-electron chi connectivity index (χ4n) is 1.74. The Morgan fingerprint density at radius 2 is 2.05 bits per heavy atom. The van der Waals surface area contributed by atoms with Crippen LogP contribution in [0.25, 0.3) is 0 Å². The number of likely N-dealkylation sites (N-methyl/N-ethyl adjacent to an activating group) is 1. The first kappa shape index (κ1) is 17.7. The Bertz CT molecular complexity index is 576. The van der Waals surface area contributed by atoms with Gasteiger partial charge in [-0.2, -0.15) is 0 Å². The number of Topliss-reactive ketones (excluding diaryl/α,β-unsaturated/α-hetero) is 1. The summed E-state index contributed by atoms with van der Waals surface area (Å²) >= 11 is 12.0. The van der Waals surface area contributed by atoms with Crippen molar-refractivity contribution in [3.8, 4) is 0 Å². The smallest absolute Gasteiger partial charge is 0.172 e. The summed E-state index contributed by atoms with van der Waals surface area (Å²) in [5.74, 6) is 0.0799. The van der Waals surface area contributed by atoms with Gasteiger partial charge in [0.2, 0.25) is 0 Å². The largest absolute Gasteiger partial charge is 0.295 e. The molecule has 0 saturated carbocycles. The summed E-state index contributed by atoms with van der Waals surface area (Å²) < 4.78 is 0. The highest BCUT2D eigenvalue weighted by atomic mass is 35.5. The van der Waals surface area contributed by atoms with Gasteiger partial charge in [-0.05, 0) is 37.2 Å². The van der Waals surface area contributed by atoms with Crippen molar-refractivity contribution in [3.05, 3.63) is 70.3 Å². The van der Waals surface area contributed by atoms with E-state index in [9.17, 15) is 4.79 Å². The van der Waals surface area contributed by atoms with Crippen molar-refractivity contribution in [1.82, 2.24) is 4.90 Å². The Balaban J connectivity index is 2.62. The van der Waals surface area contributed by atoms with E-state index >= 15 is 0 Å². The molecule has 0 saturated heterocycles. The molecule has 0 bridgehead atoms. The van der Waals surface area contributed by atoms with E-state index in [2.05, 4.69) is 6.58 Å². The molecule has 1 rings (SSSR count). The zero-order valence-electron chi connectivity index (χ0n) is 12.3. The molecule has 0 aliphatic heterocycles. The lowest BCUT2D eigenvalue weighted by molar-refractivity contribution is -0.116. The highest BCUT2D eigenvalue weighted by molar-refractivity contribution is 6.35. The van der Waals surface area contributed by atoms with E-state index in [4.69, 9.17) is 23.2 Å². The molecule has 0 aliphatic carbocycles. The number of allylic oxidation sites excluding steroid dienone is 4. The van der Waals surface area contributed by atoms with Gasteiger partial charge in [-0.3, -0.25) is 9.69 Å². The number of hydrogen-bond donors (Lipinski definition) is 0. The summed E-state index contributed by atoms with van der Waals surface area (Å²) in [5, 5.41) is 1.22. The van der Waals surface area contributed by atoms with Crippen molar-refractivity contribution in [3.63, 3.8) is 0 Å². The Morgan fingerprint density at radius 1 is 1.33 bits per heavy atom. The van der Waals surface area contributed by atoms with E-state index < -0.39 is 0 Å². The van der Waals surface area contributed by atoms with Crippen LogP contribution in [0.5, 0.6) is 0 Å². The van der Waals surface area contributed by atoms with Crippen LogP contribution in [0.2, 0.25) is 10.0 Å². The lowest BCUT2D eigenvalue weighted by Crippen LogP contribution is -2.26. The normalized spacial score (nSPS) is 12.1. The monoisotopic (exact) mass is 323 g/mol. The van der Waals surface area contributed by atoms with Crippen LogP contribution in [0.4, 0.5) is 0 Å². The lowest BCUT2D eigenvalue weighted by atomic mass is 10.1. The number of benzene rings is 1. The summed E-state index contributed by atoms with van der Waals surface area (Å²) in [6, 6.07) is 5.38. The molecule has 4 heteroatoms. The first-order valence-electron chi connectivity index (χ1n) is 6.55. The second kappa shape index (κ2) is 8.83. The van der Waals surface area contributed by atoms with Crippen LogP contribution in [0.15, 0.2) is 54.7 Å². The molecule has 0 aliphatic rings. The average Bonchev–Trinajstić information content (AvgIpc) is 2.42. The molecule has 0 unspecified atom stereocenters. The van der Waals surface area contributed by atoms with Gasteiger partial charge in [0.05, 0.1) is 6.54 Å². The van der Waals surface area contributed by atoms with Gasteiger partial charge >= 0.3 is 0 Å². The fourth-order valence-corrected chi connectivity index (χ4v) is 2.21. The average molecular weight is 324 g/mol. The van der Waals surface area contributed by atoms with Gasteiger partial charge in [-0.25, -0.2) is 0 Å². The van der Waals surface area contributed by atoms with Crippen molar-refractivity contribution >= 4 is 29.0 Å². The summed E-state index contributed by atoms with van der Waals surface area (Å²) in [6.45, 7) is 6.32. The van der Waals surface area contributed by atoms with E-state index in [1.54, 1.807) is 43.4 Å². The molecule has 1 aromatic rings. The number of ketones is 1. The lowest BCUT2D eigenvalue weighted by Gasteiger charge is -2.17. The van der Waals surface area contributed by atoms with E-state index in [0.29, 0.717) is 28.7 Å². The summed E-state index contributed by atoms with van der Waals surface area (Å²) in [6.07, 6.45) is 7.04. The summed E-state index contributed by atoms with van der Waals surface area (Å²) in [5.41, 5.74) is 1.66. The van der Waals surface area contributed by atoms with Gasteiger partial charge in [-0.15, -0.1) is 0 Å². The minimum Gasteiger partial charge on any atom is -0.295 e.